The zero-order chi connectivity index (χ0) is 17.3. The van der Waals surface area contributed by atoms with Crippen LogP contribution in [0.4, 0.5) is 5.69 Å². The Labute approximate surface area is 148 Å². The van der Waals surface area contributed by atoms with Gasteiger partial charge in [0.2, 0.25) is 0 Å². The molecule has 1 heterocycles. The number of ether oxygens (including phenoxy) is 2. The molecule has 0 aliphatic carbocycles. The normalized spacial score (nSPS) is 14.3. The molecule has 0 bridgehead atoms. The van der Waals surface area contributed by atoms with Crippen molar-refractivity contribution in [2.45, 2.75) is 20.8 Å². The van der Waals surface area contributed by atoms with Crippen LogP contribution >= 0.6 is 11.8 Å². The van der Waals surface area contributed by atoms with Gasteiger partial charge in [-0.1, -0.05) is 18.2 Å². The van der Waals surface area contributed by atoms with Crippen LogP contribution in [-0.2, 0) is 0 Å². The Bertz CT molecular complexity index is 776. The summed E-state index contributed by atoms with van der Waals surface area (Å²) in [4.78, 5) is 3.78. The largest absolute Gasteiger partial charge is 0.497 e. The summed E-state index contributed by atoms with van der Waals surface area (Å²) in [6, 6.07) is 12.5. The molecule has 126 valence electrons. The van der Waals surface area contributed by atoms with E-state index >= 15 is 0 Å². The average Bonchev–Trinajstić information content (AvgIpc) is 2.93. The third-order valence-electron chi connectivity index (χ3n) is 4.49. The number of anilines is 1. The maximum Gasteiger partial charge on any atom is 0.123 e. The first-order chi connectivity index (χ1) is 11.5. The van der Waals surface area contributed by atoms with Crippen molar-refractivity contribution in [2.75, 3.05) is 25.0 Å². The Morgan fingerprint density at radius 1 is 0.958 bits per heavy atom. The van der Waals surface area contributed by atoms with Crippen LogP contribution in [0, 0.1) is 6.92 Å². The lowest BCUT2D eigenvalue weighted by atomic mass is 9.99. The second kappa shape index (κ2) is 6.81. The minimum Gasteiger partial charge on any atom is -0.497 e. The second-order valence-electron chi connectivity index (χ2n) is 5.92. The van der Waals surface area contributed by atoms with Crippen LogP contribution in [0.1, 0.15) is 19.4 Å². The van der Waals surface area contributed by atoms with Crippen LogP contribution in [0.25, 0.3) is 11.1 Å². The summed E-state index contributed by atoms with van der Waals surface area (Å²) in [5, 5.41) is 0. The summed E-state index contributed by atoms with van der Waals surface area (Å²) in [6.07, 6.45) is 0. The van der Waals surface area contributed by atoms with Gasteiger partial charge in [0.1, 0.15) is 11.5 Å². The molecule has 24 heavy (non-hydrogen) atoms. The van der Waals surface area contributed by atoms with E-state index in [4.69, 9.17) is 9.47 Å². The van der Waals surface area contributed by atoms with Crippen LogP contribution in [0.2, 0.25) is 0 Å². The molecular formula is C20H23NO2S. The van der Waals surface area contributed by atoms with Gasteiger partial charge in [0.15, 0.2) is 0 Å². The van der Waals surface area contributed by atoms with E-state index in [0.29, 0.717) is 0 Å². The number of thioether (sulfide) groups is 1. The highest BCUT2D eigenvalue weighted by Gasteiger charge is 2.23. The van der Waals surface area contributed by atoms with Crippen molar-refractivity contribution in [3.05, 3.63) is 52.6 Å². The van der Waals surface area contributed by atoms with Gasteiger partial charge in [-0.15, -0.1) is 11.8 Å². The maximum absolute atomic E-state index is 5.45. The molecule has 0 saturated heterocycles. The Hall–Kier alpha value is -2.07. The molecule has 0 radical (unpaired) electrons. The van der Waals surface area contributed by atoms with Crippen molar-refractivity contribution in [1.82, 2.24) is 0 Å². The van der Waals surface area contributed by atoms with Crippen molar-refractivity contribution >= 4 is 17.4 Å². The van der Waals surface area contributed by atoms with Crippen LogP contribution in [0.3, 0.4) is 0 Å². The molecule has 2 aromatic carbocycles. The van der Waals surface area contributed by atoms with Crippen molar-refractivity contribution in [3.63, 3.8) is 0 Å². The zero-order valence-corrected chi connectivity index (χ0v) is 15.7. The van der Waals surface area contributed by atoms with Gasteiger partial charge >= 0.3 is 0 Å². The lowest BCUT2D eigenvalue weighted by Gasteiger charge is -2.25. The Kier molecular flexibility index (Phi) is 4.76. The first-order valence-electron chi connectivity index (χ1n) is 7.96. The van der Waals surface area contributed by atoms with E-state index in [1.807, 2.05) is 17.8 Å². The lowest BCUT2D eigenvalue weighted by molar-refractivity contribution is 0.394. The lowest BCUT2D eigenvalue weighted by Crippen LogP contribution is -2.18. The van der Waals surface area contributed by atoms with E-state index in [2.05, 4.69) is 56.0 Å². The Morgan fingerprint density at radius 2 is 1.62 bits per heavy atom. The summed E-state index contributed by atoms with van der Waals surface area (Å²) in [6.45, 7) is 6.55. The third kappa shape index (κ3) is 2.98. The maximum atomic E-state index is 5.45. The summed E-state index contributed by atoms with van der Waals surface area (Å²) in [7, 11) is 3.37. The average molecular weight is 341 g/mol. The molecule has 4 heteroatoms. The van der Waals surface area contributed by atoms with E-state index in [-0.39, 0.29) is 0 Å². The highest BCUT2D eigenvalue weighted by Crippen LogP contribution is 2.43. The molecule has 0 amide bonds. The molecule has 0 aromatic heterocycles. The molecule has 0 saturated carbocycles. The Morgan fingerprint density at radius 3 is 2.17 bits per heavy atom. The fourth-order valence-corrected chi connectivity index (χ4v) is 3.96. The number of hydrogen-bond donors (Lipinski definition) is 0. The van der Waals surface area contributed by atoms with Crippen molar-refractivity contribution in [1.29, 1.82) is 0 Å². The number of methoxy groups -OCH3 is 2. The topological polar surface area (TPSA) is 21.7 Å². The Balaban J connectivity index is 2.18. The van der Waals surface area contributed by atoms with E-state index in [9.17, 15) is 0 Å². The summed E-state index contributed by atoms with van der Waals surface area (Å²) in [5.74, 6) is 2.56. The molecule has 0 unspecified atom stereocenters. The van der Waals surface area contributed by atoms with Gasteiger partial charge in [-0.3, -0.25) is 0 Å². The molecule has 1 aliphatic rings. The predicted molar refractivity (Wildman–Crippen MR) is 103 cm³/mol. The zero-order valence-electron chi connectivity index (χ0n) is 14.8. The first kappa shape index (κ1) is 16.8. The number of hydrogen-bond acceptors (Lipinski definition) is 4. The van der Waals surface area contributed by atoms with E-state index in [1.165, 1.54) is 27.4 Å². The summed E-state index contributed by atoms with van der Waals surface area (Å²) >= 11 is 1.89. The van der Waals surface area contributed by atoms with Crippen LogP contribution in [0.15, 0.2) is 47.0 Å². The second-order valence-corrected chi connectivity index (χ2v) is 7.07. The quantitative estimate of drug-likeness (QED) is 0.738. The van der Waals surface area contributed by atoms with Gasteiger partial charge in [0.05, 0.1) is 25.8 Å². The van der Waals surface area contributed by atoms with Crippen LogP contribution in [0.5, 0.6) is 11.5 Å². The molecular weight excluding hydrogens is 318 g/mol. The van der Waals surface area contributed by atoms with Crippen molar-refractivity contribution in [2.24, 2.45) is 0 Å². The van der Waals surface area contributed by atoms with Gasteiger partial charge in [-0.2, -0.15) is 0 Å². The summed E-state index contributed by atoms with van der Waals surface area (Å²) < 4.78 is 10.9. The van der Waals surface area contributed by atoms with Crippen LogP contribution < -0.4 is 14.4 Å². The summed E-state index contributed by atoms with van der Waals surface area (Å²) in [5.41, 5.74) is 6.15. The van der Waals surface area contributed by atoms with Crippen molar-refractivity contribution < 1.29 is 9.47 Å². The number of allylic oxidation sites excluding steroid dienone is 2. The van der Waals surface area contributed by atoms with E-state index in [1.54, 1.807) is 14.2 Å². The van der Waals surface area contributed by atoms with Gasteiger partial charge in [0.25, 0.3) is 0 Å². The van der Waals surface area contributed by atoms with Crippen LogP contribution in [-0.4, -0.2) is 20.1 Å². The minimum absolute atomic E-state index is 0.802. The fraction of sp³-hybridized carbons (Fsp3) is 0.300. The first-order valence-corrected chi connectivity index (χ1v) is 8.94. The molecule has 3 rings (SSSR count). The van der Waals surface area contributed by atoms with Crippen molar-refractivity contribution in [3.8, 4) is 22.6 Å². The number of rotatable bonds is 4. The standard InChI is InChI=1S/C20H23NO2S/c1-13-7-6-8-19(20(13)21-12-24-15(3)14(21)2)16-9-17(22-4)11-18(10-16)23-5/h6-11H,12H2,1-5H3. The third-order valence-corrected chi connectivity index (χ3v) is 5.61. The molecule has 0 N–H and O–H groups in total. The van der Waals surface area contributed by atoms with E-state index in [0.717, 1.165) is 22.9 Å². The van der Waals surface area contributed by atoms with E-state index < -0.39 is 0 Å². The molecule has 3 nitrogen and oxygen atoms in total. The predicted octanol–water partition coefficient (Wildman–Crippen LogP) is 5.44. The highest BCUT2D eigenvalue weighted by atomic mass is 32.2. The highest BCUT2D eigenvalue weighted by molar-refractivity contribution is 8.03. The number of aryl methyl sites for hydroxylation is 1. The molecule has 2 aromatic rings. The molecule has 1 aliphatic heterocycles. The monoisotopic (exact) mass is 341 g/mol. The molecule has 0 fully saturated rings. The number of para-hydroxylation sites is 1. The number of nitrogens with zero attached hydrogens (tertiary/aromatic N) is 1. The van der Waals surface area contributed by atoms with Gasteiger partial charge in [0, 0.05) is 22.2 Å². The van der Waals surface area contributed by atoms with Gasteiger partial charge in [-0.05, 0) is 44.0 Å². The SMILES string of the molecule is COc1cc(OC)cc(-c2cccc(C)c2N2CSC(C)=C2C)c1. The number of benzene rings is 2. The molecule has 0 spiro atoms. The minimum atomic E-state index is 0.802. The molecule has 0 atom stereocenters. The smallest absolute Gasteiger partial charge is 0.123 e. The van der Waals surface area contributed by atoms with Gasteiger partial charge in [-0.25, -0.2) is 0 Å². The fourth-order valence-electron chi connectivity index (χ4n) is 3.00. The van der Waals surface area contributed by atoms with Gasteiger partial charge < -0.3 is 14.4 Å².